The highest BCUT2D eigenvalue weighted by molar-refractivity contribution is 5.69. The van der Waals surface area contributed by atoms with Crippen LogP contribution in [0.25, 0.3) is 0 Å². The van der Waals surface area contributed by atoms with E-state index in [0.717, 1.165) is 18.7 Å². The maximum absolute atomic E-state index is 13.7. The van der Waals surface area contributed by atoms with Gasteiger partial charge in [-0.2, -0.15) is 0 Å². The fourth-order valence-electron chi connectivity index (χ4n) is 3.41. The van der Waals surface area contributed by atoms with Gasteiger partial charge in [0.1, 0.15) is 0 Å². The molecule has 3 rings (SSSR count). The summed E-state index contributed by atoms with van der Waals surface area (Å²) in [6.07, 6.45) is 3.62. The number of ether oxygens (including phenoxy) is 1. The van der Waals surface area contributed by atoms with E-state index in [0.29, 0.717) is 24.4 Å². The Morgan fingerprint density at radius 2 is 2.25 bits per heavy atom. The van der Waals surface area contributed by atoms with Crippen molar-refractivity contribution in [2.45, 2.75) is 38.3 Å². The van der Waals surface area contributed by atoms with Crippen molar-refractivity contribution >= 4 is 11.4 Å². The van der Waals surface area contributed by atoms with Crippen molar-refractivity contribution in [3.05, 3.63) is 17.9 Å². The van der Waals surface area contributed by atoms with E-state index in [1.54, 1.807) is 6.07 Å². The lowest BCUT2D eigenvalue weighted by Gasteiger charge is -2.23. The molecule has 0 spiro atoms. The van der Waals surface area contributed by atoms with Gasteiger partial charge in [0.05, 0.1) is 18.0 Å². The van der Waals surface area contributed by atoms with E-state index in [1.165, 1.54) is 25.5 Å². The number of nitrogen functional groups attached to an aromatic ring is 1. The molecule has 2 aliphatic rings. The molecule has 0 bridgehead atoms. The van der Waals surface area contributed by atoms with Crippen molar-refractivity contribution in [2.75, 3.05) is 30.7 Å². The Balaban J connectivity index is 1.78. The zero-order valence-electron chi connectivity index (χ0n) is 11.9. The second kappa shape index (κ2) is 5.48. The first-order chi connectivity index (χ1) is 9.69. The van der Waals surface area contributed by atoms with Gasteiger partial charge >= 0.3 is 0 Å². The zero-order chi connectivity index (χ0) is 14.1. The number of hydrogen-bond donors (Lipinski definition) is 2. The number of nitrogens with zero attached hydrogens (tertiary/aromatic N) is 1. The third-order valence-electron chi connectivity index (χ3n) is 4.35. The van der Waals surface area contributed by atoms with Crippen molar-refractivity contribution in [1.29, 1.82) is 0 Å². The van der Waals surface area contributed by atoms with Gasteiger partial charge in [-0.15, -0.1) is 0 Å². The summed E-state index contributed by atoms with van der Waals surface area (Å²) in [7, 11) is 0. The van der Waals surface area contributed by atoms with Crippen LogP contribution in [0, 0.1) is 5.82 Å². The molecule has 0 radical (unpaired) electrons. The van der Waals surface area contributed by atoms with E-state index in [1.807, 2.05) is 6.92 Å². The Bertz CT molecular complexity index is 494. The van der Waals surface area contributed by atoms with Gasteiger partial charge in [-0.05, 0) is 32.7 Å². The highest BCUT2D eigenvalue weighted by Crippen LogP contribution is 2.34. The van der Waals surface area contributed by atoms with E-state index in [2.05, 4.69) is 10.2 Å². The third-order valence-corrected chi connectivity index (χ3v) is 4.35. The fourth-order valence-corrected chi connectivity index (χ4v) is 3.41. The lowest BCUT2D eigenvalue weighted by molar-refractivity contribution is 0.317. The first-order valence-corrected chi connectivity index (χ1v) is 7.41. The minimum Gasteiger partial charge on any atom is -0.491 e. The number of anilines is 2. The molecule has 3 N–H and O–H groups in total. The number of benzene rings is 1. The van der Waals surface area contributed by atoms with E-state index >= 15 is 0 Å². The second-order valence-electron chi connectivity index (χ2n) is 5.59. The van der Waals surface area contributed by atoms with Crippen molar-refractivity contribution in [1.82, 2.24) is 4.90 Å². The molecule has 2 unspecified atom stereocenters. The van der Waals surface area contributed by atoms with Crippen LogP contribution in [0.3, 0.4) is 0 Å². The maximum Gasteiger partial charge on any atom is 0.167 e. The van der Waals surface area contributed by atoms with Gasteiger partial charge in [-0.1, -0.05) is 0 Å². The maximum atomic E-state index is 13.7. The van der Waals surface area contributed by atoms with Crippen LogP contribution < -0.4 is 15.8 Å². The highest BCUT2D eigenvalue weighted by atomic mass is 19.1. The minimum absolute atomic E-state index is 0.269. The summed E-state index contributed by atoms with van der Waals surface area (Å²) in [5.41, 5.74) is 7.16. The van der Waals surface area contributed by atoms with Gasteiger partial charge < -0.3 is 15.8 Å². The molecule has 2 aliphatic heterocycles. The average molecular weight is 279 g/mol. The summed E-state index contributed by atoms with van der Waals surface area (Å²) in [6, 6.07) is 4.02. The molecule has 110 valence electrons. The molecule has 4 nitrogen and oxygen atoms in total. The number of nitrogens with one attached hydrogen (secondary N) is 1. The summed E-state index contributed by atoms with van der Waals surface area (Å²) < 4.78 is 19.0. The normalized spacial score (nSPS) is 25.7. The monoisotopic (exact) mass is 279 g/mol. The predicted molar refractivity (Wildman–Crippen MR) is 78.6 cm³/mol. The minimum atomic E-state index is -0.399. The molecule has 0 aliphatic carbocycles. The molecule has 0 aromatic heterocycles. The van der Waals surface area contributed by atoms with E-state index in [-0.39, 0.29) is 5.75 Å². The molecule has 2 atom stereocenters. The molecule has 5 heteroatoms. The van der Waals surface area contributed by atoms with Gasteiger partial charge in [0, 0.05) is 30.8 Å². The summed E-state index contributed by atoms with van der Waals surface area (Å²) in [4.78, 5) is 2.53. The fraction of sp³-hybridized carbons (Fsp3) is 0.600. The average Bonchev–Trinajstić information content (AvgIpc) is 3.00. The molecule has 2 fully saturated rings. The Morgan fingerprint density at radius 1 is 1.40 bits per heavy atom. The third kappa shape index (κ3) is 2.42. The van der Waals surface area contributed by atoms with Crippen molar-refractivity contribution in [3.63, 3.8) is 0 Å². The van der Waals surface area contributed by atoms with Crippen LogP contribution in [-0.4, -0.2) is 36.7 Å². The molecule has 1 aromatic carbocycles. The number of halogens is 1. The van der Waals surface area contributed by atoms with Crippen molar-refractivity contribution < 1.29 is 9.13 Å². The zero-order valence-corrected chi connectivity index (χ0v) is 11.9. The number of hydrogen-bond acceptors (Lipinski definition) is 4. The predicted octanol–water partition coefficient (Wildman–Crippen LogP) is 2.46. The summed E-state index contributed by atoms with van der Waals surface area (Å²) >= 11 is 0. The van der Waals surface area contributed by atoms with Crippen LogP contribution in [-0.2, 0) is 0 Å². The largest absolute Gasteiger partial charge is 0.491 e. The van der Waals surface area contributed by atoms with Crippen LogP contribution >= 0.6 is 0 Å². The number of nitrogens with two attached hydrogens (primary N) is 1. The van der Waals surface area contributed by atoms with Crippen LogP contribution in [0.5, 0.6) is 5.75 Å². The summed E-state index contributed by atoms with van der Waals surface area (Å²) in [5, 5.41) is 3.49. The van der Waals surface area contributed by atoms with Gasteiger partial charge in [0.25, 0.3) is 0 Å². The lowest BCUT2D eigenvalue weighted by Crippen LogP contribution is -2.33. The molecule has 2 heterocycles. The highest BCUT2D eigenvalue weighted by Gasteiger charge is 2.37. The van der Waals surface area contributed by atoms with Crippen LogP contribution in [0.2, 0.25) is 0 Å². The smallest absolute Gasteiger partial charge is 0.167 e. The Morgan fingerprint density at radius 3 is 3.05 bits per heavy atom. The first-order valence-electron chi connectivity index (χ1n) is 7.41. The van der Waals surface area contributed by atoms with E-state index in [4.69, 9.17) is 10.5 Å². The Kier molecular flexibility index (Phi) is 3.70. The van der Waals surface area contributed by atoms with Crippen LogP contribution in [0.4, 0.5) is 15.8 Å². The van der Waals surface area contributed by atoms with E-state index in [9.17, 15) is 4.39 Å². The SMILES string of the molecule is CCOc1cc(NC2CCN3CCCC23)c(N)cc1F. The molecular formula is C15H22FN3O. The number of fused-ring (bicyclic) bond motifs is 1. The number of rotatable bonds is 4. The summed E-state index contributed by atoms with van der Waals surface area (Å²) in [6.45, 7) is 4.63. The summed E-state index contributed by atoms with van der Waals surface area (Å²) in [5.74, 6) is -0.130. The Hall–Kier alpha value is -1.49. The lowest BCUT2D eigenvalue weighted by atomic mass is 10.1. The first kappa shape index (κ1) is 13.5. The topological polar surface area (TPSA) is 50.5 Å². The van der Waals surface area contributed by atoms with Crippen LogP contribution in [0.15, 0.2) is 12.1 Å². The molecule has 20 heavy (non-hydrogen) atoms. The van der Waals surface area contributed by atoms with Crippen LogP contribution in [0.1, 0.15) is 26.2 Å². The van der Waals surface area contributed by atoms with E-state index < -0.39 is 5.82 Å². The second-order valence-corrected chi connectivity index (χ2v) is 5.59. The van der Waals surface area contributed by atoms with Crippen molar-refractivity contribution in [2.24, 2.45) is 0 Å². The van der Waals surface area contributed by atoms with Gasteiger partial charge in [-0.3, -0.25) is 4.90 Å². The molecule has 1 aromatic rings. The molecule has 0 amide bonds. The van der Waals surface area contributed by atoms with Gasteiger partial charge in [0.2, 0.25) is 0 Å². The molecule has 2 saturated heterocycles. The van der Waals surface area contributed by atoms with Gasteiger partial charge in [0.15, 0.2) is 11.6 Å². The van der Waals surface area contributed by atoms with Crippen molar-refractivity contribution in [3.8, 4) is 5.75 Å². The standard InChI is InChI=1S/C15H22FN3O/c1-2-20-15-9-13(11(17)8-10(15)16)18-12-5-7-19-6-3-4-14(12)19/h8-9,12,14,18H,2-7,17H2,1H3. The molecule has 0 saturated carbocycles. The quantitative estimate of drug-likeness (QED) is 0.831. The molecular weight excluding hydrogens is 257 g/mol. The van der Waals surface area contributed by atoms with Gasteiger partial charge in [-0.25, -0.2) is 4.39 Å². The Labute approximate surface area is 119 Å².